The summed E-state index contributed by atoms with van der Waals surface area (Å²) in [5.74, 6) is -0.0676. The zero-order chi connectivity index (χ0) is 17.5. The number of nitrogens with one attached hydrogen (secondary N) is 1. The van der Waals surface area contributed by atoms with E-state index in [0.29, 0.717) is 25.3 Å². The van der Waals surface area contributed by atoms with Crippen LogP contribution in [-0.2, 0) is 24.5 Å². The van der Waals surface area contributed by atoms with E-state index in [1.165, 1.54) is 11.3 Å². The molecular formula is C20H18BrNO2S. The largest absolute Gasteiger partial charge is 0.372 e. The highest BCUT2D eigenvalue weighted by Crippen LogP contribution is 2.20. The second-order valence-electron chi connectivity index (χ2n) is 5.57. The summed E-state index contributed by atoms with van der Waals surface area (Å²) in [5, 5.41) is 4.81. The van der Waals surface area contributed by atoms with E-state index in [2.05, 4.69) is 21.2 Å². The summed E-state index contributed by atoms with van der Waals surface area (Å²) in [6, 6.07) is 19.9. The Balaban J connectivity index is 1.56. The van der Waals surface area contributed by atoms with Gasteiger partial charge in [0, 0.05) is 11.9 Å². The maximum absolute atomic E-state index is 12.2. The van der Waals surface area contributed by atoms with E-state index in [0.717, 1.165) is 20.5 Å². The number of hydrogen-bond acceptors (Lipinski definition) is 3. The molecule has 0 aliphatic rings. The first-order chi connectivity index (χ1) is 12.2. The zero-order valence-corrected chi connectivity index (χ0v) is 16.0. The predicted molar refractivity (Wildman–Crippen MR) is 105 cm³/mol. The minimum atomic E-state index is -0.0676. The number of benzene rings is 2. The number of ether oxygens (including phenoxy) is 1. The summed E-state index contributed by atoms with van der Waals surface area (Å²) >= 11 is 4.88. The van der Waals surface area contributed by atoms with Crippen molar-refractivity contribution in [2.45, 2.75) is 19.8 Å². The van der Waals surface area contributed by atoms with Crippen LogP contribution in [-0.4, -0.2) is 5.91 Å². The van der Waals surface area contributed by atoms with Gasteiger partial charge in [0.25, 0.3) is 5.91 Å². The molecule has 3 nitrogen and oxygen atoms in total. The Hall–Kier alpha value is -1.95. The molecule has 0 saturated heterocycles. The molecule has 5 heteroatoms. The summed E-state index contributed by atoms with van der Waals surface area (Å²) in [6.45, 7) is 1.58. The lowest BCUT2D eigenvalue weighted by molar-refractivity contribution is 0.0948. The van der Waals surface area contributed by atoms with Crippen molar-refractivity contribution in [3.63, 3.8) is 0 Å². The normalized spacial score (nSPS) is 10.6. The maximum atomic E-state index is 12.2. The molecule has 0 radical (unpaired) electrons. The zero-order valence-electron chi connectivity index (χ0n) is 13.6. The van der Waals surface area contributed by atoms with Crippen LogP contribution in [0.4, 0.5) is 0 Å². The molecule has 0 bridgehead atoms. The molecule has 1 heterocycles. The van der Waals surface area contributed by atoms with E-state index in [4.69, 9.17) is 4.74 Å². The molecule has 25 heavy (non-hydrogen) atoms. The van der Waals surface area contributed by atoms with Gasteiger partial charge in [-0.15, -0.1) is 11.3 Å². The molecule has 0 spiro atoms. The Morgan fingerprint density at radius 1 is 1.00 bits per heavy atom. The van der Waals surface area contributed by atoms with Gasteiger partial charge in [-0.3, -0.25) is 4.79 Å². The molecule has 0 saturated carbocycles. The Morgan fingerprint density at radius 2 is 1.72 bits per heavy atom. The molecule has 1 N–H and O–H groups in total. The first kappa shape index (κ1) is 17.9. The van der Waals surface area contributed by atoms with Crippen LogP contribution in [0.5, 0.6) is 0 Å². The molecule has 0 unspecified atom stereocenters. The van der Waals surface area contributed by atoms with E-state index in [1.54, 1.807) is 0 Å². The van der Waals surface area contributed by atoms with Gasteiger partial charge in [-0.2, -0.15) is 0 Å². The molecular weight excluding hydrogens is 398 g/mol. The molecule has 0 aliphatic heterocycles. The summed E-state index contributed by atoms with van der Waals surface area (Å²) in [7, 11) is 0. The van der Waals surface area contributed by atoms with Crippen LogP contribution >= 0.6 is 27.3 Å². The third-order valence-electron chi connectivity index (χ3n) is 3.76. The first-order valence-electron chi connectivity index (χ1n) is 7.93. The van der Waals surface area contributed by atoms with Crippen molar-refractivity contribution in [2.75, 3.05) is 0 Å². The molecule has 3 aromatic rings. The van der Waals surface area contributed by atoms with E-state index >= 15 is 0 Å². The van der Waals surface area contributed by atoms with Crippen LogP contribution in [0, 0.1) is 0 Å². The average molecular weight is 416 g/mol. The van der Waals surface area contributed by atoms with Gasteiger partial charge in [0.15, 0.2) is 0 Å². The maximum Gasteiger partial charge on any atom is 0.252 e. The van der Waals surface area contributed by atoms with Crippen molar-refractivity contribution in [1.82, 2.24) is 5.32 Å². The number of carbonyl (C=O) groups is 1. The Kier molecular flexibility index (Phi) is 6.39. The molecule has 0 fully saturated rings. The number of carbonyl (C=O) groups excluding carboxylic acids is 1. The quantitative estimate of drug-likeness (QED) is 0.578. The Labute approximate surface area is 159 Å². The van der Waals surface area contributed by atoms with Crippen LogP contribution in [0.3, 0.4) is 0 Å². The van der Waals surface area contributed by atoms with Crippen molar-refractivity contribution >= 4 is 33.2 Å². The molecule has 3 rings (SSSR count). The van der Waals surface area contributed by atoms with Crippen LogP contribution in [0.25, 0.3) is 0 Å². The summed E-state index contributed by atoms with van der Waals surface area (Å²) < 4.78 is 6.78. The van der Waals surface area contributed by atoms with Crippen LogP contribution in [0.1, 0.15) is 27.0 Å². The second kappa shape index (κ2) is 8.94. The van der Waals surface area contributed by atoms with Gasteiger partial charge in [0.1, 0.15) is 0 Å². The second-order valence-corrected chi connectivity index (χ2v) is 7.86. The SMILES string of the molecule is O=C(NCc1ccccc1COCc1ccccc1)c1csc(Br)c1. The molecule has 128 valence electrons. The third-order valence-corrected chi connectivity index (χ3v) is 5.26. The highest BCUT2D eigenvalue weighted by Gasteiger charge is 2.09. The van der Waals surface area contributed by atoms with Gasteiger partial charge in [0.2, 0.25) is 0 Å². The van der Waals surface area contributed by atoms with Crippen LogP contribution in [0.2, 0.25) is 0 Å². The minimum absolute atomic E-state index is 0.0676. The van der Waals surface area contributed by atoms with Crippen LogP contribution in [0.15, 0.2) is 69.8 Å². The van der Waals surface area contributed by atoms with E-state index in [-0.39, 0.29) is 5.91 Å². The summed E-state index contributed by atoms with van der Waals surface area (Å²) in [6.07, 6.45) is 0. The number of rotatable bonds is 7. The number of halogens is 1. The summed E-state index contributed by atoms with van der Waals surface area (Å²) in [4.78, 5) is 12.2. The van der Waals surface area contributed by atoms with E-state index < -0.39 is 0 Å². The predicted octanol–water partition coefficient (Wildman–Crippen LogP) is 5.16. The Morgan fingerprint density at radius 3 is 2.44 bits per heavy atom. The molecule has 2 aromatic carbocycles. The first-order valence-corrected chi connectivity index (χ1v) is 9.60. The van der Waals surface area contributed by atoms with Gasteiger partial charge in [-0.05, 0) is 38.7 Å². The number of thiophene rings is 1. The molecule has 1 aromatic heterocycles. The fourth-order valence-electron chi connectivity index (χ4n) is 2.43. The average Bonchev–Trinajstić information content (AvgIpc) is 3.08. The monoisotopic (exact) mass is 415 g/mol. The van der Waals surface area contributed by atoms with Gasteiger partial charge in [-0.1, -0.05) is 54.6 Å². The standard InChI is InChI=1S/C20H18BrNO2S/c21-19-10-18(14-25-19)20(23)22-11-16-8-4-5-9-17(16)13-24-12-15-6-2-1-3-7-15/h1-10,14H,11-13H2,(H,22,23). The summed E-state index contributed by atoms with van der Waals surface area (Å²) in [5.41, 5.74) is 3.98. The molecule has 1 amide bonds. The fourth-order valence-corrected chi connectivity index (χ4v) is 3.57. The lowest BCUT2D eigenvalue weighted by Crippen LogP contribution is -2.23. The Bertz CT molecular complexity index is 832. The van der Waals surface area contributed by atoms with Crippen molar-refractivity contribution in [3.05, 3.63) is 92.1 Å². The van der Waals surface area contributed by atoms with Crippen molar-refractivity contribution in [2.24, 2.45) is 0 Å². The molecule has 0 atom stereocenters. The minimum Gasteiger partial charge on any atom is -0.372 e. The smallest absolute Gasteiger partial charge is 0.252 e. The van der Waals surface area contributed by atoms with Gasteiger partial charge in [-0.25, -0.2) is 0 Å². The third kappa shape index (κ3) is 5.26. The lowest BCUT2D eigenvalue weighted by Gasteiger charge is -2.11. The van der Waals surface area contributed by atoms with E-state index in [1.807, 2.05) is 66.0 Å². The fraction of sp³-hybridized carbons (Fsp3) is 0.150. The molecule has 0 aliphatic carbocycles. The topological polar surface area (TPSA) is 38.3 Å². The lowest BCUT2D eigenvalue weighted by atomic mass is 10.1. The van der Waals surface area contributed by atoms with E-state index in [9.17, 15) is 4.79 Å². The number of hydrogen-bond donors (Lipinski definition) is 1. The van der Waals surface area contributed by atoms with Gasteiger partial charge < -0.3 is 10.1 Å². The highest BCUT2D eigenvalue weighted by molar-refractivity contribution is 9.11. The highest BCUT2D eigenvalue weighted by atomic mass is 79.9. The van der Waals surface area contributed by atoms with Crippen molar-refractivity contribution in [3.8, 4) is 0 Å². The van der Waals surface area contributed by atoms with Crippen LogP contribution < -0.4 is 5.32 Å². The number of amides is 1. The van der Waals surface area contributed by atoms with Gasteiger partial charge >= 0.3 is 0 Å². The van der Waals surface area contributed by atoms with Crippen molar-refractivity contribution in [1.29, 1.82) is 0 Å². The van der Waals surface area contributed by atoms with Gasteiger partial charge in [0.05, 0.1) is 22.6 Å². The van der Waals surface area contributed by atoms with Crippen molar-refractivity contribution < 1.29 is 9.53 Å².